The van der Waals surface area contributed by atoms with Gasteiger partial charge in [0.25, 0.3) is 5.92 Å². The first-order chi connectivity index (χ1) is 13.8. The number of aliphatic hydroxyl groups excluding tert-OH is 1. The highest BCUT2D eigenvalue weighted by molar-refractivity contribution is 7.94. The molecule has 0 fully saturated rings. The number of benzene rings is 2. The standard InChI is InChI=1S/C17H12F6N4O2S/c18-9-1-2-10-8(6-26-27-10)14(9)29-11-3-4-12(30(24,25)17(21,22)23)13-7(11)5-16(19,20)15(13)28/h1-4,6,15,24-25,28H,5H2,(H,26,27)/t15-/m0/s1. The Morgan fingerprint density at radius 2 is 1.90 bits per heavy atom. The summed E-state index contributed by atoms with van der Waals surface area (Å²) in [5, 5.41) is 16.4. The number of aliphatic hydroxyl groups is 1. The molecule has 1 aliphatic rings. The SMILES string of the molecule is N=S(=N)(c1ccc(Oc2c(F)ccc3[nH]ncc23)c2c1[C@H](O)C(F)(F)C2)C(F)(F)F. The molecule has 0 radical (unpaired) electrons. The molecule has 1 aromatic heterocycles. The molecule has 0 aliphatic heterocycles. The number of fused-ring (bicyclic) bond motifs is 2. The number of rotatable bonds is 3. The van der Waals surface area contributed by atoms with Crippen molar-refractivity contribution in [2.45, 2.75) is 28.9 Å². The summed E-state index contributed by atoms with van der Waals surface area (Å²) in [6.07, 6.45) is -2.63. The zero-order valence-electron chi connectivity index (χ0n) is 14.6. The fourth-order valence-electron chi connectivity index (χ4n) is 3.31. The molecule has 0 bridgehead atoms. The topological polar surface area (TPSA) is 106 Å². The van der Waals surface area contributed by atoms with Crippen molar-refractivity contribution in [2.24, 2.45) is 0 Å². The van der Waals surface area contributed by atoms with Crippen molar-refractivity contribution in [1.82, 2.24) is 10.2 Å². The number of nitrogens with zero attached hydrogens (tertiary/aromatic N) is 1. The van der Waals surface area contributed by atoms with E-state index in [0.717, 1.165) is 12.1 Å². The summed E-state index contributed by atoms with van der Waals surface area (Å²) in [7, 11) is -5.05. The molecule has 1 aliphatic carbocycles. The third kappa shape index (κ3) is 2.91. The highest BCUT2D eigenvalue weighted by Gasteiger charge is 2.52. The van der Waals surface area contributed by atoms with E-state index in [4.69, 9.17) is 14.3 Å². The van der Waals surface area contributed by atoms with Crippen molar-refractivity contribution in [3.8, 4) is 11.5 Å². The summed E-state index contributed by atoms with van der Waals surface area (Å²) in [5.41, 5.74) is -6.36. The number of H-pyrrole nitrogens is 1. The predicted molar refractivity (Wildman–Crippen MR) is 93.3 cm³/mol. The first-order valence-electron chi connectivity index (χ1n) is 8.24. The van der Waals surface area contributed by atoms with Gasteiger partial charge in [0, 0.05) is 22.4 Å². The van der Waals surface area contributed by atoms with Crippen molar-refractivity contribution < 1.29 is 36.2 Å². The minimum Gasteiger partial charge on any atom is -0.453 e. The van der Waals surface area contributed by atoms with Crippen molar-refractivity contribution in [1.29, 1.82) is 9.56 Å². The second-order valence-electron chi connectivity index (χ2n) is 6.66. The van der Waals surface area contributed by atoms with E-state index in [1.807, 2.05) is 0 Å². The number of halogens is 6. The number of alkyl halides is 5. The monoisotopic (exact) mass is 450 g/mol. The van der Waals surface area contributed by atoms with Gasteiger partial charge in [0.2, 0.25) is 0 Å². The molecule has 160 valence electrons. The fourth-order valence-corrected chi connectivity index (χ4v) is 4.40. The van der Waals surface area contributed by atoms with Crippen LogP contribution in [0.4, 0.5) is 26.3 Å². The molecule has 0 spiro atoms. The molecule has 13 heteroatoms. The van der Waals surface area contributed by atoms with Gasteiger partial charge in [0.05, 0.1) is 26.7 Å². The fraction of sp³-hybridized carbons (Fsp3) is 0.235. The average Bonchev–Trinajstić information content (AvgIpc) is 3.20. The van der Waals surface area contributed by atoms with E-state index >= 15 is 0 Å². The maximum atomic E-state index is 14.3. The molecule has 1 heterocycles. The van der Waals surface area contributed by atoms with Crippen molar-refractivity contribution in [3.63, 3.8) is 0 Å². The van der Waals surface area contributed by atoms with Crippen LogP contribution in [-0.2, 0) is 16.0 Å². The van der Waals surface area contributed by atoms with E-state index in [1.165, 1.54) is 12.3 Å². The van der Waals surface area contributed by atoms with Crippen LogP contribution in [0.5, 0.6) is 11.5 Å². The number of ether oxygens (including phenoxy) is 1. The lowest BCUT2D eigenvalue weighted by Gasteiger charge is -2.21. The van der Waals surface area contributed by atoms with Gasteiger partial charge in [-0.3, -0.25) is 14.7 Å². The molecule has 3 aromatic rings. The Labute approximate surface area is 164 Å². The molecule has 0 unspecified atom stereocenters. The second-order valence-corrected chi connectivity index (χ2v) is 8.79. The van der Waals surface area contributed by atoms with Crippen LogP contribution in [0.25, 0.3) is 10.9 Å². The zero-order valence-corrected chi connectivity index (χ0v) is 15.5. The molecule has 0 amide bonds. The highest BCUT2D eigenvalue weighted by Crippen LogP contribution is 2.51. The Balaban J connectivity index is 1.92. The van der Waals surface area contributed by atoms with Gasteiger partial charge in [0.1, 0.15) is 11.9 Å². The third-order valence-corrected chi connectivity index (χ3v) is 6.49. The Morgan fingerprint density at radius 3 is 2.57 bits per heavy atom. The first-order valence-corrected chi connectivity index (χ1v) is 9.88. The van der Waals surface area contributed by atoms with Crippen LogP contribution < -0.4 is 4.74 Å². The van der Waals surface area contributed by atoms with E-state index in [9.17, 15) is 31.4 Å². The lowest BCUT2D eigenvalue weighted by molar-refractivity contribution is -0.0977. The summed E-state index contributed by atoms with van der Waals surface area (Å²) in [5.74, 6) is -5.52. The lowest BCUT2D eigenvalue weighted by atomic mass is 10.1. The van der Waals surface area contributed by atoms with Gasteiger partial charge in [-0.25, -0.2) is 13.2 Å². The summed E-state index contributed by atoms with van der Waals surface area (Å²) >= 11 is 0. The summed E-state index contributed by atoms with van der Waals surface area (Å²) < 4.78 is 103. The first kappa shape index (κ1) is 20.5. The molecule has 4 rings (SSSR count). The van der Waals surface area contributed by atoms with Gasteiger partial charge in [-0.2, -0.15) is 18.3 Å². The number of aromatic amines is 1. The Morgan fingerprint density at radius 1 is 1.20 bits per heavy atom. The van der Waals surface area contributed by atoms with Gasteiger partial charge in [-0.05, 0) is 24.3 Å². The van der Waals surface area contributed by atoms with Crippen LogP contribution in [0.3, 0.4) is 0 Å². The van der Waals surface area contributed by atoms with Crippen molar-refractivity contribution in [2.75, 3.05) is 0 Å². The number of hydrogen-bond donors (Lipinski definition) is 4. The Bertz CT molecular complexity index is 1270. The van der Waals surface area contributed by atoms with E-state index in [-0.39, 0.29) is 5.39 Å². The lowest BCUT2D eigenvalue weighted by Crippen LogP contribution is -2.25. The average molecular weight is 450 g/mol. The predicted octanol–water partition coefficient (Wildman–Crippen LogP) is 5.28. The highest BCUT2D eigenvalue weighted by atomic mass is 32.2. The maximum absolute atomic E-state index is 14.3. The van der Waals surface area contributed by atoms with E-state index in [1.54, 1.807) is 0 Å². The van der Waals surface area contributed by atoms with Crippen molar-refractivity contribution >= 4 is 20.5 Å². The van der Waals surface area contributed by atoms with Gasteiger partial charge in [-0.1, -0.05) is 0 Å². The molecule has 1 atom stereocenters. The quantitative estimate of drug-likeness (QED) is 0.408. The number of nitrogens with one attached hydrogen (secondary N) is 3. The van der Waals surface area contributed by atoms with Crippen LogP contribution in [0, 0.1) is 15.4 Å². The van der Waals surface area contributed by atoms with E-state index in [2.05, 4.69) is 10.2 Å². The second kappa shape index (κ2) is 6.35. The third-order valence-electron chi connectivity index (χ3n) is 4.78. The molecule has 4 N–H and O–H groups in total. The van der Waals surface area contributed by atoms with Gasteiger partial charge in [0.15, 0.2) is 11.6 Å². The van der Waals surface area contributed by atoms with Gasteiger partial charge >= 0.3 is 5.51 Å². The van der Waals surface area contributed by atoms with Gasteiger partial charge in [-0.15, -0.1) is 0 Å². The molecule has 6 nitrogen and oxygen atoms in total. The Hall–Kier alpha value is -2.80. The maximum Gasteiger partial charge on any atom is 0.465 e. The Kier molecular flexibility index (Phi) is 4.33. The smallest absolute Gasteiger partial charge is 0.453 e. The molecular formula is C17H12F6N4O2S. The minimum atomic E-state index is -5.34. The summed E-state index contributed by atoms with van der Waals surface area (Å²) in [4.78, 5) is -1.07. The van der Waals surface area contributed by atoms with E-state index in [0.29, 0.717) is 11.6 Å². The van der Waals surface area contributed by atoms with Crippen LogP contribution in [0.1, 0.15) is 17.2 Å². The van der Waals surface area contributed by atoms with Crippen LogP contribution >= 0.6 is 0 Å². The summed E-state index contributed by atoms with van der Waals surface area (Å²) in [6.45, 7) is 0. The van der Waals surface area contributed by atoms with Crippen LogP contribution in [-0.4, -0.2) is 26.7 Å². The van der Waals surface area contributed by atoms with Crippen LogP contribution in [0.2, 0.25) is 0 Å². The number of hydrogen-bond acceptors (Lipinski definition) is 5. The zero-order chi connectivity index (χ0) is 22.1. The van der Waals surface area contributed by atoms with Gasteiger partial charge < -0.3 is 9.84 Å². The molecule has 2 aromatic carbocycles. The van der Waals surface area contributed by atoms with E-state index < -0.39 is 66.9 Å². The normalized spacial score (nSPS) is 18.6. The summed E-state index contributed by atoms with van der Waals surface area (Å²) in [6, 6.07) is 3.91. The largest absolute Gasteiger partial charge is 0.465 e. The van der Waals surface area contributed by atoms with Crippen LogP contribution in [0.15, 0.2) is 35.4 Å². The molecule has 30 heavy (non-hydrogen) atoms. The molecular weight excluding hydrogens is 438 g/mol. The minimum absolute atomic E-state index is 0.161. The molecule has 0 saturated heterocycles. The van der Waals surface area contributed by atoms with Crippen molar-refractivity contribution in [3.05, 3.63) is 47.4 Å². The number of aromatic nitrogens is 2. The molecule has 0 saturated carbocycles.